The van der Waals surface area contributed by atoms with Crippen LogP contribution in [0.3, 0.4) is 0 Å². The number of benzene rings is 1. The van der Waals surface area contributed by atoms with E-state index in [0.29, 0.717) is 0 Å². The van der Waals surface area contributed by atoms with Crippen molar-refractivity contribution in [2.24, 2.45) is 5.92 Å². The highest BCUT2D eigenvalue weighted by Gasteiger charge is 2.35. The van der Waals surface area contributed by atoms with E-state index in [4.69, 9.17) is 11.6 Å². The van der Waals surface area contributed by atoms with E-state index in [1.165, 1.54) is 19.1 Å². The molecule has 7 heteroatoms. The van der Waals surface area contributed by atoms with Crippen LogP contribution in [0, 0.1) is 11.7 Å². The molecule has 0 bridgehead atoms. The topological polar surface area (TPSA) is 60.4 Å². The highest BCUT2D eigenvalue weighted by atomic mass is 35.5. The fourth-order valence-electron chi connectivity index (χ4n) is 1.81. The Kier molecular flexibility index (Phi) is 4.45. The lowest BCUT2D eigenvalue weighted by Crippen LogP contribution is -2.33. The van der Waals surface area contributed by atoms with E-state index < -0.39 is 35.9 Å². The van der Waals surface area contributed by atoms with Crippen molar-refractivity contribution in [1.82, 2.24) is 0 Å². The number of hydrogen-bond acceptors (Lipinski definition) is 5. The SMILES string of the molecule is CC(=O)OCC(=O)C1CSc2c(ccc(Cl)c2F)C1=O. The lowest BCUT2D eigenvalue weighted by Gasteiger charge is -2.22. The number of ketones is 2. The van der Waals surface area contributed by atoms with Crippen LogP contribution in [0.1, 0.15) is 17.3 Å². The van der Waals surface area contributed by atoms with Crippen molar-refractivity contribution < 1.29 is 23.5 Å². The van der Waals surface area contributed by atoms with Gasteiger partial charge in [0.1, 0.15) is 0 Å². The van der Waals surface area contributed by atoms with E-state index in [1.807, 2.05) is 0 Å². The smallest absolute Gasteiger partial charge is 0.303 e. The standard InChI is InChI=1S/C13H10ClFO4S/c1-6(16)19-4-10(17)8-5-20-13-7(12(8)18)2-3-9(14)11(13)15/h2-3,8H,4-5H2,1H3. The van der Waals surface area contributed by atoms with Crippen molar-refractivity contribution in [3.05, 3.63) is 28.5 Å². The first-order chi connectivity index (χ1) is 9.41. The zero-order valence-electron chi connectivity index (χ0n) is 10.4. The third-order valence-electron chi connectivity index (χ3n) is 2.83. The van der Waals surface area contributed by atoms with Crippen LogP contribution in [-0.2, 0) is 14.3 Å². The summed E-state index contributed by atoms with van der Waals surface area (Å²) in [6, 6.07) is 2.69. The predicted octanol–water partition coefficient (Wildman–Crippen LogP) is 2.52. The highest BCUT2D eigenvalue weighted by molar-refractivity contribution is 7.99. The van der Waals surface area contributed by atoms with Gasteiger partial charge in [0, 0.05) is 18.2 Å². The minimum absolute atomic E-state index is 0.0614. The lowest BCUT2D eigenvalue weighted by atomic mass is 9.95. The Balaban J connectivity index is 2.22. The molecule has 0 saturated carbocycles. The average Bonchev–Trinajstić information content (AvgIpc) is 2.41. The molecule has 2 rings (SSSR count). The van der Waals surface area contributed by atoms with Crippen LogP contribution in [0.2, 0.25) is 5.02 Å². The Bertz CT molecular complexity index is 602. The summed E-state index contributed by atoms with van der Waals surface area (Å²) < 4.78 is 18.4. The molecule has 0 aliphatic carbocycles. The first kappa shape index (κ1) is 15.0. The molecule has 0 spiro atoms. The van der Waals surface area contributed by atoms with Gasteiger partial charge in [0.05, 0.1) is 15.8 Å². The van der Waals surface area contributed by atoms with Gasteiger partial charge in [-0.15, -0.1) is 11.8 Å². The van der Waals surface area contributed by atoms with E-state index in [9.17, 15) is 18.8 Å². The summed E-state index contributed by atoms with van der Waals surface area (Å²) in [5.41, 5.74) is 0.143. The van der Waals surface area contributed by atoms with Gasteiger partial charge in [-0.2, -0.15) is 0 Å². The van der Waals surface area contributed by atoms with Gasteiger partial charge in [-0.3, -0.25) is 14.4 Å². The summed E-state index contributed by atoms with van der Waals surface area (Å²) in [6.45, 7) is 0.731. The van der Waals surface area contributed by atoms with Crippen LogP contribution in [0.25, 0.3) is 0 Å². The molecule has 0 aromatic heterocycles. The van der Waals surface area contributed by atoms with Gasteiger partial charge >= 0.3 is 5.97 Å². The molecule has 1 aliphatic rings. The normalized spacial score (nSPS) is 17.6. The third-order valence-corrected chi connectivity index (χ3v) is 4.31. The maximum Gasteiger partial charge on any atom is 0.303 e. The Morgan fingerprint density at radius 1 is 1.50 bits per heavy atom. The number of fused-ring (bicyclic) bond motifs is 1. The molecule has 0 N–H and O–H groups in total. The minimum Gasteiger partial charge on any atom is -0.458 e. The van der Waals surface area contributed by atoms with E-state index in [0.717, 1.165) is 11.8 Å². The average molecular weight is 317 g/mol. The molecular weight excluding hydrogens is 307 g/mol. The van der Waals surface area contributed by atoms with E-state index in [1.54, 1.807) is 0 Å². The first-order valence-electron chi connectivity index (χ1n) is 5.73. The fraction of sp³-hybridized carbons (Fsp3) is 0.308. The van der Waals surface area contributed by atoms with Crippen molar-refractivity contribution in [2.45, 2.75) is 11.8 Å². The number of hydrogen-bond donors (Lipinski definition) is 0. The number of thioether (sulfide) groups is 1. The summed E-state index contributed by atoms with van der Waals surface area (Å²) in [7, 11) is 0. The Morgan fingerprint density at radius 2 is 2.20 bits per heavy atom. The van der Waals surface area contributed by atoms with Crippen LogP contribution < -0.4 is 0 Å². The van der Waals surface area contributed by atoms with Crippen molar-refractivity contribution in [2.75, 3.05) is 12.4 Å². The summed E-state index contributed by atoms with van der Waals surface area (Å²) in [5, 5.41) is -0.0614. The molecule has 1 unspecified atom stereocenters. The fourth-order valence-corrected chi connectivity index (χ4v) is 3.25. The molecule has 1 aliphatic heterocycles. The number of carbonyl (C=O) groups is 3. The monoisotopic (exact) mass is 316 g/mol. The second kappa shape index (κ2) is 5.93. The molecule has 106 valence electrons. The van der Waals surface area contributed by atoms with E-state index in [2.05, 4.69) is 4.74 Å². The van der Waals surface area contributed by atoms with Crippen molar-refractivity contribution in [3.8, 4) is 0 Å². The quantitative estimate of drug-likeness (QED) is 0.633. The molecule has 0 fully saturated rings. The molecule has 20 heavy (non-hydrogen) atoms. The summed E-state index contributed by atoms with van der Waals surface area (Å²) in [4.78, 5) is 34.9. The Morgan fingerprint density at radius 3 is 2.85 bits per heavy atom. The Labute approximate surface area is 123 Å². The summed E-state index contributed by atoms with van der Waals surface area (Å²) in [5.74, 6) is -3.00. The van der Waals surface area contributed by atoms with Gasteiger partial charge in [-0.1, -0.05) is 11.6 Å². The van der Waals surface area contributed by atoms with Gasteiger partial charge in [0.15, 0.2) is 24.0 Å². The molecule has 1 aromatic carbocycles. The Hall–Kier alpha value is -1.40. The number of carbonyl (C=O) groups excluding carboxylic acids is 3. The second-order valence-electron chi connectivity index (χ2n) is 4.21. The largest absolute Gasteiger partial charge is 0.458 e. The number of esters is 1. The van der Waals surface area contributed by atoms with Gasteiger partial charge in [0.25, 0.3) is 0 Å². The number of rotatable bonds is 3. The molecular formula is C13H10ClFO4S. The molecule has 1 atom stereocenters. The van der Waals surface area contributed by atoms with Crippen LogP contribution in [0.15, 0.2) is 17.0 Å². The summed E-state index contributed by atoms with van der Waals surface area (Å²) >= 11 is 6.72. The summed E-state index contributed by atoms with van der Waals surface area (Å²) in [6.07, 6.45) is 0. The predicted molar refractivity (Wildman–Crippen MR) is 71.6 cm³/mol. The van der Waals surface area contributed by atoms with Crippen molar-refractivity contribution in [3.63, 3.8) is 0 Å². The van der Waals surface area contributed by atoms with Gasteiger partial charge < -0.3 is 4.74 Å². The van der Waals surface area contributed by atoms with Gasteiger partial charge in [-0.05, 0) is 12.1 Å². The number of ether oxygens (including phenoxy) is 1. The molecule has 0 saturated heterocycles. The maximum absolute atomic E-state index is 13.8. The second-order valence-corrected chi connectivity index (χ2v) is 5.65. The molecule has 1 aromatic rings. The van der Waals surface area contributed by atoms with E-state index >= 15 is 0 Å². The van der Waals surface area contributed by atoms with Crippen LogP contribution in [0.4, 0.5) is 4.39 Å². The maximum atomic E-state index is 13.8. The molecule has 0 radical (unpaired) electrons. The highest BCUT2D eigenvalue weighted by Crippen LogP contribution is 2.37. The zero-order chi connectivity index (χ0) is 14.9. The van der Waals surface area contributed by atoms with Gasteiger partial charge in [0.2, 0.25) is 0 Å². The zero-order valence-corrected chi connectivity index (χ0v) is 12.0. The van der Waals surface area contributed by atoms with Crippen molar-refractivity contribution >= 4 is 40.9 Å². The van der Waals surface area contributed by atoms with Gasteiger partial charge in [-0.25, -0.2) is 4.39 Å². The van der Waals surface area contributed by atoms with Crippen LogP contribution >= 0.6 is 23.4 Å². The lowest BCUT2D eigenvalue weighted by molar-refractivity contribution is -0.146. The molecule has 1 heterocycles. The van der Waals surface area contributed by atoms with Crippen LogP contribution in [0.5, 0.6) is 0 Å². The van der Waals surface area contributed by atoms with Crippen LogP contribution in [-0.4, -0.2) is 29.9 Å². The molecule has 0 amide bonds. The number of halogens is 2. The molecule has 4 nitrogen and oxygen atoms in total. The first-order valence-corrected chi connectivity index (χ1v) is 7.09. The van der Waals surface area contributed by atoms with Crippen molar-refractivity contribution in [1.29, 1.82) is 0 Å². The third kappa shape index (κ3) is 2.86. The number of Topliss-reactive ketones (excluding diaryl/α,β-unsaturated/α-hetero) is 2. The minimum atomic E-state index is -0.924. The van der Waals surface area contributed by atoms with E-state index in [-0.39, 0.29) is 21.2 Å².